The summed E-state index contributed by atoms with van der Waals surface area (Å²) >= 11 is 0. The van der Waals surface area contributed by atoms with Gasteiger partial charge in [-0.3, -0.25) is 19.3 Å². The van der Waals surface area contributed by atoms with Crippen molar-refractivity contribution in [3.05, 3.63) is 47.7 Å². The fraction of sp³-hybridized carbons (Fsp3) is 0.636. The number of ether oxygens (including phenoxy) is 1. The van der Waals surface area contributed by atoms with Crippen LogP contribution in [0.2, 0.25) is 0 Å². The van der Waals surface area contributed by atoms with E-state index >= 15 is 0 Å². The highest BCUT2D eigenvalue weighted by atomic mass is 16.5. The zero-order valence-corrected chi connectivity index (χ0v) is 26.9. The minimum atomic E-state index is -0.757. The summed E-state index contributed by atoms with van der Waals surface area (Å²) in [6.07, 6.45) is 3.57. The molecular formula is C33H49N5O5. The van der Waals surface area contributed by atoms with Gasteiger partial charge < -0.3 is 24.3 Å². The number of oxazole rings is 1. The summed E-state index contributed by atoms with van der Waals surface area (Å²) < 4.78 is 11.8. The van der Waals surface area contributed by atoms with Crippen LogP contribution in [0, 0.1) is 5.92 Å². The van der Waals surface area contributed by atoms with Crippen molar-refractivity contribution in [2.24, 2.45) is 5.92 Å². The summed E-state index contributed by atoms with van der Waals surface area (Å²) in [5, 5.41) is 2.98. The van der Waals surface area contributed by atoms with E-state index in [1.807, 2.05) is 39.5 Å². The third-order valence-corrected chi connectivity index (χ3v) is 8.26. The molecule has 1 N–H and O–H groups in total. The van der Waals surface area contributed by atoms with E-state index in [0.717, 1.165) is 25.3 Å². The van der Waals surface area contributed by atoms with Crippen molar-refractivity contribution in [2.45, 2.75) is 97.9 Å². The molecule has 2 aromatic rings. The number of hydrogen-bond donors (Lipinski definition) is 1. The smallest absolute Gasteiger partial charge is 0.255 e. The largest absolute Gasteiger partial charge is 0.483 e. The highest BCUT2D eigenvalue weighted by Crippen LogP contribution is 2.26. The molecule has 2 saturated heterocycles. The molecule has 1 aromatic heterocycles. The highest BCUT2D eigenvalue weighted by molar-refractivity contribution is 6.00. The number of carbonyl (C=O) groups excluding carboxylic acids is 3. The van der Waals surface area contributed by atoms with Gasteiger partial charge in [0.15, 0.2) is 6.61 Å². The number of carbonyl (C=O) groups is 3. The van der Waals surface area contributed by atoms with E-state index in [-0.39, 0.29) is 29.8 Å². The van der Waals surface area contributed by atoms with Crippen molar-refractivity contribution in [1.29, 1.82) is 0 Å². The van der Waals surface area contributed by atoms with Crippen molar-refractivity contribution in [3.63, 3.8) is 0 Å². The Morgan fingerprint density at radius 2 is 1.74 bits per heavy atom. The maximum atomic E-state index is 13.9. The Kier molecular flexibility index (Phi) is 10.5. The van der Waals surface area contributed by atoms with Crippen LogP contribution < -0.4 is 10.1 Å². The van der Waals surface area contributed by atoms with Gasteiger partial charge >= 0.3 is 0 Å². The van der Waals surface area contributed by atoms with Gasteiger partial charge in [0.05, 0.1) is 11.8 Å². The molecule has 0 saturated carbocycles. The van der Waals surface area contributed by atoms with Crippen molar-refractivity contribution in [2.75, 3.05) is 32.7 Å². The first-order valence-electron chi connectivity index (χ1n) is 15.7. The number of para-hydroxylation sites is 1. The number of piperazine rings is 1. The molecular weight excluding hydrogens is 546 g/mol. The lowest BCUT2D eigenvalue weighted by molar-refractivity contribution is -0.146. The van der Waals surface area contributed by atoms with Crippen LogP contribution in [0.25, 0.3) is 0 Å². The van der Waals surface area contributed by atoms with E-state index in [0.29, 0.717) is 55.7 Å². The van der Waals surface area contributed by atoms with Gasteiger partial charge in [-0.25, -0.2) is 4.98 Å². The summed E-state index contributed by atoms with van der Waals surface area (Å²) in [5.41, 5.74) is 0.145. The monoisotopic (exact) mass is 595 g/mol. The van der Waals surface area contributed by atoms with Gasteiger partial charge in [-0.05, 0) is 51.2 Å². The van der Waals surface area contributed by atoms with Crippen LogP contribution in [0.3, 0.4) is 0 Å². The predicted octanol–water partition coefficient (Wildman–Crippen LogP) is 4.24. The molecule has 0 aliphatic carbocycles. The topological polar surface area (TPSA) is 108 Å². The fourth-order valence-corrected chi connectivity index (χ4v) is 5.73. The molecule has 236 valence electrons. The van der Waals surface area contributed by atoms with Gasteiger partial charge in [-0.2, -0.15) is 0 Å². The number of nitrogens with one attached hydrogen (secondary N) is 1. The maximum absolute atomic E-state index is 13.9. The zero-order chi connectivity index (χ0) is 31.3. The van der Waals surface area contributed by atoms with Crippen molar-refractivity contribution >= 4 is 17.7 Å². The SMILES string of the molecule is CC(C)C[C@@H](NC(=O)c1ccccc1OCc1ncc(C(C)(C)C)o1)C(=O)N1CCC[C@@H]1C(=O)N1CCN(C(C)C)CC1. The summed E-state index contributed by atoms with van der Waals surface area (Å²) in [7, 11) is 0. The van der Waals surface area contributed by atoms with E-state index < -0.39 is 18.0 Å². The molecule has 10 nitrogen and oxygen atoms in total. The molecule has 0 bridgehead atoms. The lowest BCUT2D eigenvalue weighted by atomic mass is 9.94. The second-order valence-electron chi connectivity index (χ2n) is 13.5. The highest BCUT2D eigenvalue weighted by Gasteiger charge is 2.40. The van der Waals surface area contributed by atoms with Gasteiger partial charge in [0.2, 0.25) is 17.7 Å². The first-order chi connectivity index (χ1) is 20.3. The maximum Gasteiger partial charge on any atom is 0.255 e. The molecule has 1 aromatic carbocycles. The number of rotatable bonds is 10. The molecule has 0 unspecified atom stereocenters. The first kappa shape index (κ1) is 32.5. The Bertz CT molecular complexity index is 1260. The van der Waals surface area contributed by atoms with Crippen molar-refractivity contribution < 1.29 is 23.5 Å². The number of nitrogens with zero attached hydrogens (tertiary/aromatic N) is 4. The lowest BCUT2D eigenvalue weighted by Crippen LogP contribution is -2.57. The Morgan fingerprint density at radius 1 is 1.05 bits per heavy atom. The number of benzene rings is 1. The van der Waals surface area contributed by atoms with Crippen LogP contribution in [0.1, 0.15) is 89.7 Å². The second kappa shape index (κ2) is 13.9. The minimum absolute atomic E-state index is 0.0174. The molecule has 43 heavy (non-hydrogen) atoms. The number of likely N-dealkylation sites (tertiary alicyclic amines) is 1. The molecule has 10 heteroatoms. The number of hydrogen-bond acceptors (Lipinski definition) is 7. The molecule has 4 rings (SSSR count). The van der Waals surface area contributed by atoms with Crippen LogP contribution >= 0.6 is 0 Å². The third-order valence-electron chi connectivity index (χ3n) is 8.26. The molecule has 0 spiro atoms. The van der Waals surface area contributed by atoms with Gasteiger partial charge in [-0.15, -0.1) is 0 Å². The number of amides is 3. The zero-order valence-electron chi connectivity index (χ0n) is 26.9. The van der Waals surface area contributed by atoms with Crippen LogP contribution in [0.15, 0.2) is 34.9 Å². The molecule has 2 aliphatic heterocycles. The minimum Gasteiger partial charge on any atom is -0.483 e. The van der Waals surface area contributed by atoms with E-state index in [2.05, 4.69) is 29.0 Å². The molecule has 0 radical (unpaired) electrons. The Labute approximate surface area is 256 Å². The quantitative estimate of drug-likeness (QED) is 0.438. The number of aromatic nitrogens is 1. The van der Waals surface area contributed by atoms with Crippen molar-refractivity contribution in [1.82, 2.24) is 25.0 Å². The summed E-state index contributed by atoms with van der Waals surface area (Å²) in [4.78, 5) is 51.4. The van der Waals surface area contributed by atoms with Gasteiger partial charge in [0.1, 0.15) is 23.6 Å². The van der Waals surface area contributed by atoms with Gasteiger partial charge in [-0.1, -0.05) is 46.8 Å². The Morgan fingerprint density at radius 3 is 2.37 bits per heavy atom. The fourth-order valence-electron chi connectivity index (χ4n) is 5.73. The summed E-state index contributed by atoms with van der Waals surface area (Å²) in [5.74, 6) is 1.12. The van der Waals surface area contributed by atoms with Crippen LogP contribution in [0.5, 0.6) is 5.75 Å². The van der Waals surface area contributed by atoms with Crippen LogP contribution in [-0.2, 0) is 21.6 Å². The third kappa shape index (κ3) is 8.16. The Balaban J connectivity index is 1.44. The van der Waals surface area contributed by atoms with E-state index in [4.69, 9.17) is 9.15 Å². The van der Waals surface area contributed by atoms with Crippen LogP contribution in [-0.4, -0.2) is 88.3 Å². The van der Waals surface area contributed by atoms with Gasteiger partial charge in [0, 0.05) is 44.2 Å². The summed E-state index contributed by atoms with van der Waals surface area (Å²) in [6.45, 7) is 18.1. The predicted molar refractivity (Wildman–Crippen MR) is 165 cm³/mol. The van der Waals surface area contributed by atoms with Crippen LogP contribution in [0.4, 0.5) is 0 Å². The molecule has 2 atom stereocenters. The van der Waals surface area contributed by atoms with Crippen molar-refractivity contribution in [3.8, 4) is 5.75 Å². The first-order valence-corrected chi connectivity index (χ1v) is 15.7. The lowest BCUT2D eigenvalue weighted by Gasteiger charge is -2.39. The molecule has 2 aliphatic rings. The van der Waals surface area contributed by atoms with E-state index in [1.54, 1.807) is 35.4 Å². The second-order valence-corrected chi connectivity index (χ2v) is 13.5. The van der Waals surface area contributed by atoms with E-state index in [9.17, 15) is 14.4 Å². The molecule has 3 amide bonds. The average molecular weight is 596 g/mol. The summed E-state index contributed by atoms with van der Waals surface area (Å²) in [6, 6.07) is 6.15. The van der Waals surface area contributed by atoms with E-state index in [1.165, 1.54) is 0 Å². The average Bonchev–Trinajstić information content (AvgIpc) is 3.65. The Hall–Kier alpha value is -3.40. The van der Waals surface area contributed by atoms with Gasteiger partial charge in [0.25, 0.3) is 5.91 Å². The molecule has 3 heterocycles. The molecule has 2 fully saturated rings. The normalized spacial score (nSPS) is 18.8. The standard InChI is InChI=1S/C33H49N5O5/c1-22(2)19-25(31(40)38-14-10-12-26(38)32(41)37-17-15-36(16-18-37)23(3)4)35-30(39)24-11-8-9-13-27(24)42-21-29-34-20-28(43-29)33(5,6)7/h8-9,11,13,20,22-23,25-26H,10,12,14-19,21H2,1-7H3,(H,35,39)/t25-,26-/m1/s1.